The van der Waals surface area contributed by atoms with Gasteiger partial charge in [0.2, 0.25) is 5.91 Å². The fourth-order valence-corrected chi connectivity index (χ4v) is 2.27. The summed E-state index contributed by atoms with van der Waals surface area (Å²) >= 11 is 0. The van der Waals surface area contributed by atoms with Gasteiger partial charge in [-0.15, -0.1) is 0 Å². The molecule has 0 unspecified atom stereocenters. The second-order valence-electron chi connectivity index (χ2n) is 4.97. The van der Waals surface area contributed by atoms with E-state index >= 15 is 0 Å². The lowest BCUT2D eigenvalue weighted by molar-refractivity contribution is -0.111. The maximum absolute atomic E-state index is 11.9. The van der Waals surface area contributed by atoms with Crippen molar-refractivity contribution in [3.63, 3.8) is 0 Å². The van der Waals surface area contributed by atoms with E-state index in [0.717, 1.165) is 26.2 Å². The first-order valence-corrected chi connectivity index (χ1v) is 6.93. The lowest BCUT2D eigenvalue weighted by atomic mass is 10.1. The van der Waals surface area contributed by atoms with Gasteiger partial charge < -0.3 is 14.5 Å². The molecule has 0 saturated carbocycles. The summed E-state index contributed by atoms with van der Waals surface area (Å²) < 4.78 is 12.3. The molecule has 1 atom stereocenters. The third kappa shape index (κ3) is 3.61. The van der Waals surface area contributed by atoms with Crippen molar-refractivity contribution in [2.45, 2.75) is 13.0 Å². The van der Waals surface area contributed by atoms with Crippen molar-refractivity contribution in [1.29, 1.82) is 0 Å². The van der Waals surface area contributed by atoms with Gasteiger partial charge in [-0.25, -0.2) is 4.68 Å². The highest BCUT2D eigenvalue weighted by atomic mass is 16.5. The molecule has 0 aliphatic carbocycles. The molecule has 2 aromatic heterocycles. The number of furan rings is 1. The maximum Gasteiger partial charge on any atom is 0.249 e. The number of carbonyl (C=O) groups excluding carboxylic acids is 1. The Hall–Kier alpha value is -2.34. The summed E-state index contributed by atoms with van der Waals surface area (Å²) in [5.74, 6) is 1.58. The molecule has 1 aliphatic rings. The topological polar surface area (TPSA) is 69.3 Å². The monoisotopic (exact) mass is 287 g/mol. The van der Waals surface area contributed by atoms with Crippen LogP contribution in [-0.2, 0) is 16.1 Å². The molecule has 6 heteroatoms. The molecule has 1 N–H and O–H groups in total. The van der Waals surface area contributed by atoms with Gasteiger partial charge in [-0.2, -0.15) is 5.10 Å². The molecule has 0 radical (unpaired) electrons. The summed E-state index contributed by atoms with van der Waals surface area (Å²) in [6.07, 6.45) is 7.35. The Labute approximate surface area is 122 Å². The number of ether oxygens (including phenoxy) is 1. The number of anilines is 1. The van der Waals surface area contributed by atoms with Crippen LogP contribution in [0.2, 0.25) is 0 Å². The predicted molar refractivity (Wildman–Crippen MR) is 77.5 cm³/mol. The molecule has 1 fully saturated rings. The molecule has 110 valence electrons. The van der Waals surface area contributed by atoms with Crippen LogP contribution in [0.25, 0.3) is 6.08 Å². The third-order valence-electron chi connectivity index (χ3n) is 3.37. The van der Waals surface area contributed by atoms with Gasteiger partial charge in [0.1, 0.15) is 11.6 Å². The van der Waals surface area contributed by atoms with Gasteiger partial charge in [-0.1, -0.05) is 0 Å². The van der Waals surface area contributed by atoms with Gasteiger partial charge in [0.15, 0.2) is 0 Å². The summed E-state index contributed by atoms with van der Waals surface area (Å²) in [4.78, 5) is 11.9. The number of aromatic nitrogens is 2. The minimum atomic E-state index is -0.212. The highest BCUT2D eigenvalue weighted by molar-refractivity contribution is 6.01. The molecule has 21 heavy (non-hydrogen) atoms. The molecule has 1 amide bonds. The number of hydrogen-bond donors (Lipinski definition) is 1. The van der Waals surface area contributed by atoms with Crippen molar-refractivity contribution in [2.24, 2.45) is 5.92 Å². The third-order valence-corrected chi connectivity index (χ3v) is 3.37. The van der Waals surface area contributed by atoms with Crippen LogP contribution in [-0.4, -0.2) is 28.9 Å². The zero-order valence-electron chi connectivity index (χ0n) is 11.6. The van der Waals surface area contributed by atoms with Gasteiger partial charge in [0, 0.05) is 31.2 Å². The highest BCUT2D eigenvalue weighted by Gasteiger charge is 2.17. The maximum atomic E-state index is 11.9. The molecule has 0 spiro atoms. The average molecular weight is 287 g/mol. The minimum absolute atomic E-state index is 0.212. The Morgan fingerprint density at radius 1 is 1.52 bits per heavy atom. The summed E-state index contributed by atoms with van der Waals surface area (Å²) in [6.45, 7) is 2.32. The minimum Gasteiger partial charge on any atom is -0.465 e. The van der Waals surface area contributed by atoms with Crippen LogP contribution in [0.15, 0.2) is 41.2 Å². The fourth-order valence-electron chi connectivity index (χ4n) is 2.27. The van der Waals surface area contributed by atoms with Crippen molar-refractivity contribution >= 4 is 17.8 Å². The van der Waals surface area contributed by atoms with Crippen LogP contribution in [0.3, 0.4) is 0 Å². The number of hydrogen-bond acceptors (Lipinski definition) is 4. The predicted octanol–water partition coefficient (Wildman–Crippen LogP) is 2.16. The first-order chi connectivity index (χ1) is 10.3. The zero-order valence-corrected chi connectivity index (χ0v) is 11.6. The van der Waals surface area contributed by atoms with Gasteiger partial charge >= 0.3 is 0 Å². The van der Waals surface area contributed by atoms with E-state index < -0.39 is 0 Å². The van der Waals surface area contributed by atoms with Crippen molar-refractivity contribution in [2.75, 3.05) is 18.5 Å². The zero-order chi connectivity index (χ0) is 14.5. The number of nitrogens with one attached hydrogen (secondary N) is 1. The number of amides is 1. The van der Waals surface area contributed by atoms with E-state index in [1.165, 1.54) is 6.08 Å². The van der Waals surface area contributed by atoms with E-state index in [4.69, 9.17) is 9.15 Å². The molecular formula is C15H17N3O3. The number of rotatable bonds is 5. The fraction of sp³-hybridized carbons (Fsp3) is 0.333. The quantitative estimate of drug-likeness (QED) is 0.856. The SMILES string of the molecule is O=C(/C=C/c1ccco1)Nc1ccnn1C[C@H]1CCOC1. The van der Waals surface area contributed by atoms with Crippen LogP contribution >= 0.6 is 0 Å². The van der Waals surface area contributed by atoms with E-state index in [-0.39, 0.29) is 5.91 Å². The Kier molecular flexibility index (Phi) is 4.16. The van der Waals surface area contributed by atoms with Crippen molar-refractivity contribution in [3.8, 4) is 0 Å². The second-order valence-corrected chi connectivity index (χ2v) is 4.97. The van der Waals surface area contributed by atoms with Crippen molar-refractivity contribution in [3.05, 3.63) is 42.5 Å². The molecule has 2 aromatic rings. The van der Waals surface area contributed by atoms with E-state index in [9.17, 15) is 4.79 Å². The first-order valence-electron chi connectivity index (χ1n) is 6.93. The summed E-state index contributed by atoms with van der Waals surface area (Å²) in [7, 11) is 0. The summed E-state index contributed by atoms with van der Waals surface area (Å²) in [6, 6.07) is 5.35. The second kappa shape index (κ2) is 6.41. The summed E-state index contributed by atoms with van der Waals surface area (Å²) in [5, 5.41) is 7.07. The van der Waals surface area contributed by atoms with Gasteiger partial charge in [-0.05, 0) is 24.6 Å². The molecule has 1 aliphatic heterocycles. The van der Waals surface area contributed by atoms with E-state index in [2.05, 4.69) is 10.4 Å². The van der Waals surface area contributed by atoms with Crippen LogP contribution < -0.4 is 5.32 Å². The molecular weight excluding hydrogens is 270 g/mol. The van der Waals surface area contributed by atoms with Crippen LogP contribution in [0.4, 0.5) is 5.82 Å². The van der Waals surface area contributed by atoms with Gasteiger partial charge in [0.25, 0.3) is 0 Å². The lowest BCUT2D eigenvalue weighted by Crippen LogP contribution is -2.17. The number of carbonyl (C=O) groups is 1. The van der Waals surface area contributed by atoms with Crippen LogP contribution in [0, 0.1) is 5.92 Å². The van der Waals surface area contributed by atoms with E-state index in [1.54, 1.807) is 41.4 Å². The molecule has 6 nitrogen and oxygen atoms in total. The Balaban J connectivity index is 1.59. The van der Waals surface area contributed by atoms with Gasteiger partial charge in [-0.3, -0.25) is 4.79 Å². The molecule has 1 saturated heterocycles. The normalized spacial score (nSPS) is 18.4. The molecule has 3 rings (SSSR count). The van der Waals surface area contributed by atoms with Crippen LogP contribution in [0.5, 0.6) is 0 Å². The smallest absolute Gasteiger partial charge is 0.249 e. The first kappa shape index (κ1) is 13.6. The van der Waals surface area contributed by atoms with Crippen LogP contribution in [0.1, 0.15) is 12.2 Å². The highest BCUT2D eigenvalue weighted by Crippen LogP contribution is 2.17. The Morgan fingerprint density at radius 3 is 3.24 bits per heavy atom. The average Bonchev–Trinajstić information content (AvgIpc) is 3.20. The molecule has 0 bridgehead atoms. The standard InChI is InChI=1S/C15H17N3O3/c19-15(4-3-13-2-1-8-21-13)17-14-5-7-16-18(14)10-12-6-9-20-11-12/h1-5,7-8,12H,6,9-11H2,(H,17,19)/b4-3+/t12-/m1/s1. The van der Waals surface area contributed by atoms with Crippen molar-refractivity contribution in [1.82, 2.24) is 9.78 Å². The largest absolute Gasteiger partial charge is 0.465 e. The Bertz CT molecular complexity index is 610. The number of nitrogens with zero attached hydrogens (tertiary/aromatic N) is 2. The van der Waals surface area contributed by atoms with E-state index in [0.29, 0.717) is 17.5 Å². The van der Waals surface area contributed by atoms with E-state index in [1.807, 2.05) is 0 Å². The lowest BCUT2D eigenvalue weighted by Gasteiger charge is -2.11. The summed E-state index contributed by atoms with van der Waals surface area (Å²) in [5.41, 5.74) is 0. The van der Waals surface area contributed by atoms with Crippen molar-refractivity contribution < 1.29 is 13.9 Å². The molecule has 0 aromatic carbocycles. The molecule has 3 heterocycles. The van der Waals surface area contributed by atoms with Gasteiger partial charge in [0.05, 0.1) is 19.1 Å². The Morgan fingerprint density at radius 2 is 2.48 bits per heavy atom.